The molecule has 30 heavy (non-hydrogen) atoms. The fourth-order valence-electron chi connectivity index (χ4n) is 2.86. The molecular weight excluding hydrogens is 427 g/mol. The third-order valence-corrected chi connectivity index (χ3v) is 6.70. The minimum atomic E-state index is -3.23. The number of hydrogen-bond acceptors (Lipinski definition) is 5. The molecule has 0 unspecified atom stereocenters. The van der Waals surface area contributed by atoms with E-state index in [1.807, 2.05) is 0 Å². The molecule has 0 saturated carbocycles. The molecule has 7 nitrogen and oxygen atoms in total. The lowest BCUT2D eigenvalue weighted by atomic mass is 10.0. The molecule has 0 bridgehead atoms. The molecule has 9 heteroatoms. The van der Waals surface area contributed by atoms with Crippen molar-refractivity contribution in [1.29, 1.82) is 0 Å². The van der Waals surface area contributed by atoms with Crippen molar-refractivity contribution < 1.29 is 23.2 Å². The quantitative estimate of drug-likeness (QED) is 0.502. The molecule has 0 aromatic heterocycles. The Labute approximate surface area is 181 Å². The number of halogens is 1. The van der Waals surface area contributed by atoms with E-state index in [-0.39, 0.29) is 25.8 Å². The van der Waals surface area contributed by atoms with Crippen molar-refractivity contribution >= 4 is 31.0 Å². The van der Waals surface area contributed by atoms with Gasteiger partial charge in [-0.15, -0.1) is 0 Å². The molecule has 0 fully saturated rings. The molecule has 1 atom stereocenters. The average molecular weight is 453 g/mol. The summed E-state index contributed by atoms with van der Waals surface area (Å²) in [7, 11) is -3.23. The Hall–Kier alpha value is -2.18. The first-order valence-electron chi connectivity index (χ1n) is 9.58. The van der Waals surface area contributed by atoms with Gasteiger partial charge < -0.3 is 20.1 Å². The zero-order valence-corrected chi connectivity index (χ0v) is 18.6. The molecule has 0 heterocycles. The van der Waals surface area contributed by atoms with Crippen LogP contribution >= 0.6 is 19.2 Å². The number of rotatable bonds is 11. The van der Waals surface area contributed by atoms with Crippen LogP contribution in [0.2, 0.25) is 5.02 Å². The zero-order valence-electron chi connectivity index (χ0n) is 17.0. The van der Waals surface area contributed by atoms with Crippen molar-refractivity contribution in [1.82, 2.24) is 5.32 Å². The average Bonchev–Trinajstić information content (AvgIpc) is 2.69. The van der Waals surface area contributed by atoms with E-state index < -0.39 is 25.5 Å². The van der Waals surface area contributed by atoms with Gasteiger partial charge in [-0.1, -0.05) is 41.9 Å². The number of nitrogens with one attached hydrogen (secondary N) is 1. The minimum absolute atomic E-state index is 0.104. The molecule has 0 aliphatic rings. The standard InChI is InChI=1S/C21H26ClN2O5P/c1-3-28-30(27,29-4-2)14-15-9-11-16(12-10-15)21(26)24-19(20(23)25)13-17-7-5-6-8-18(17)22/h5-12,19H,3-4,13-14H2,1-2H3,(H2,23,25)(H,24,26)/t19-/m1/s1. The first kappa shape index (κ1) is 24.1. The van der Waals surface area contributed by atoms with Gasteiger partial charge >= 0.3 is 7.60 Å². The number of primary amides is 1. The van der Waals surface area contributed by atoms with Crippen LogP contribution in [0.3, 0.4) is 0 Å². The van der Waals surface area contributed by atoms with Gasteiger partial charge in [0.2, 0.25) is 5.91 Å². The van der Waals surface area contributed by atoms with Gasteiger partial charge in [-0.2, -0.15) is 0 Å². The van der Waals surface area contributed by atoms with Crippen LogP contribution in [-0.2, 0) is 31.0 Å². The first-order chi connectivity index (χ1) is 14.3. The van der Waals surface area contributed by atoms with E-state index in [0.29, 0.717) is 21.7 Å². The lowest BCUT2D eigenvalue weighted by Gasteiger charge is -2.18. The fourth-order valence-corrected chi connectivity index (χ4v) is 4.77. The first-order valence-corrected chi connectivity index (χ1v) is 11.7. The largest absolute Gasteiger partial charge is 0.368 e. The van der Waals surface area contributed by atoms with Crippen LogP contribution in [0, 0.1) is 0 Å². The van der Waals surface area contributed by atoms with E-state index in [2.05, 4.69) is 5.32 Å². The molecule has 162 valence electrons. The van der Waals surface area contributed by atoms with Gasteiger partial charge in [-0.05, 0) is 43.2 Å². The Morgan fingerprint density at radius 1 is 1.07 bits per heavy atom. The molecule has 0 spiro atoms. The lowest BCUT2D eigenvalue weighted by Crippen LogP contribution is -2.45. The van der Waals surface area contributed by atoms with Crippen LogP contribution in [0.4, 0.5) is 0 Å². The third kappa shape index (κ3) is 6.96. The highest BCUT2D eigenvalue weighted by molar-refractivity contribution is 7.53. The molecule has 2 aromatic rings. The summed E-state index contributed by atoms with van der Waals surface area (Å²) in [5, 5.41) is 3.14. The molecule has 2 aromatic carbocycles. The number of nitrogens with two attached hydrogens (primary N) is 1. The number of hydrogen-bond donors (Lipinski definition) is 2. The van der Waals surface area contributed by atoms with E-state index in [9.17, 15) is 14.2 Å². The van der Waals surface area contributed by atoms with Gasteiger partial charge in [-0.3, -0.25) is 14.2 Å². The smallest absolute Gasteiger partial charge is 0.335 e. The van der Waals surface area contributed by atoms with Gasteiger partial charge in [0.15, 0.2) is 0 Å². The summed E-state index contributed by atoms with van der Waals surface area (Å²) >= 11 is 6.13. The highest BCUT2D eigenvalue weighted by atomic mass is 35.5. The number of benzene rings is 2. The van der Waals surface area contributed by atoms with Crippen LogP contribution in [0.15, 0.2) is 48.5 Å². The SMILES string of the molecule is CCOP(=O)(Cc1ccc(C(=O)N[C@H](Cc2ccccc2Cl)C(N)=O)cc1)OCC. The number of amides is 2. The Kier molecular flexibility index (Phi) is 9.06. The monoisotopic (exact) mass is 452 g/mol. The maximum atomic E-state index is 12.6. The molecule has 3 N–H and O–H groups in total. The van der Waals surface area contributed by atoms with E-state index in [0.717, 1.165) is 0 Å². The highest BCUT2D eigenvalue weighted by Gasteiger charge is 2.24. The second kappa shape index (κ2) is 11.3. The summed E-state index contributed by atoms with van der Waals surface area (Å²) in [4.78, 5) is 24.4. The van der Waals surface area contributed by atoms with Crippen molar-refractivity contribution in [3.63, 3.8) is 0 Å². The maximum Gasteiger partial charge on any atom is 0.335 e. The van der Waals surface area contributed by atoms with E-state index in [1.165, 1.54) is 0 Å². The second-order valence-corrected chi connectivity index (χ2v) is 8.99. The zero-order chi connectivity index (χ0) is 22.1. The third-order valence-electron chi connectivity index (χ3n) is 4.27. The summed E-state index contributed by atoms with van der Waals surface area (Å²) in [6.07, 6.45) is 0.289. The van der Waals surface area contributed by atoms with Gasteiger partial charge in [0.25, 0.3) is 5.91 Å². The molecule has 0 radical (unpaired) electrons. The van der Waals surface area contributed by atoms with E-state index in [4.69, 9.17) is 26.4 Å². The Morgan fingerprint density at radius 3 is 2.20 bits per heavy atom. The van der Waals surface area contributed by atoms with Crippen molar-refractivity contribution in [2.24, 2.45) is 5.73 Å². The lowest BCUT2D eigenvalue weighted by molar-refractivity contribution is -0.119. The highest BCUT2D eigenvalue weighted by Crippen LogP contribution is 2.51. The Morgan fingerprint density at radius 2 is 1.67 bits per heavy atom. The summed E-state index contributed by atoms with van der Waals surface area (Å²) < 4.78 is 23.2. The van der Waals surface area contributed by atoms with Gasteiger partial charge in [0.1, 0.15) is 6.04 Å². The van der Waals surface area contributed by atoms with Gasteiger partial charge in [0.05, 0.1) is 19.4 Å². The van der Waals surface area contributed by atoms with Crippen molar-refractivity contribution in [3.05, 3.63) is 70.2 Å². The van der Waals surface area contributed by atoms with Crippen molar-refractivity contribution in [2.45, 2.75) is 32.5 Å². The molecule has 2 amide bonds. The second-order valence-electron chi connectivity index (χ2n) is 6.53. The van der Waals surface area contributed by atoms with E-state index >= 15 is 0 Å². The van der Waals surface area contributed by atoms with E-state index in [1.54, 1.807) is 62.4 Å². The van der Waals surface area contributed by atoms with Crippen LogP contribution in [0.5, 0.6) is 0 Å². The predicted octanol–water partition coefficient (Wildman–Crippen LogP) is 3.93. The Balaban J connectivity index is 2.07. The predicted molar refractivity (Wildman–Crippen MR) is 117 cm³/mol. The van der Waals surface area contributed by atoms with Crippen LogP contribution in [0.25, 0.3) is 0 Å². The van der Waals surface area contributed by atoms with Crippen molar-refractivity contribution in [3.8, 4) is 0 Å². The molecule has 0 aliphatic heterocycles. The summed E-state index contributed by atoms with van der Waals surface area (Å²) in [6, 6.07) is 12.7. The van der Waals surface area contributed by atoms with Crippen LogP contribution in [-0.4, -0.2) is 31.1 Å². The summed E-state index contributed by atoms with van der Waals surface area (Å²) in [6.45, 7) is 4.04. The number of carbonyl (C=O) groups excluding carboxylic acids is 2. The minimum Gasteiger partial charge on any atom is -0.368 e. The molecular formula is C21H26ClN2O5P. The van der Waals surface area contributed by atoms with Gasteiger partial charge in [-0.25, -0.2) is 0 Å². The summed E-state index contributed by atoms with van der Waals surface area (Å²) in [5.74, 6) is -1.11. The summed E-state index contributed by atoms with van der Waals surface area (Å²) in [5.41, 5.74) is 7.21. The topological polar surface area (TPSA) is 108 Å². The molecule has 0 aliphatic carbocycles. The molecule has 2 rings (SSSR count). The van der Waals surface area contributed by atoms with Gasteiger partial charge in [0, 0.05) is 17.0 Å². The number of carbonyl (C=O) groups is 2. The fraction of sp³-hybridized carbons (Fsp3) is 0.333. The van der Waals surface area contributed by atoms with Crippen LogP contribution < -0.4 is 11.1 Å². The van der Waals surface area contributed by atoms with Crippen LogP contribution in [0.1, 0.15) is 35.3 Å². The molecule has 0 saturated heterocycles. The normalized spacial score (nSPS) is 12.4. The Bertz CT molecular complexity index is 910. The van der Waals surface area contributed by atoms with Crippen molar-refractivity contribution in [2.75, 3.05) is 13.2 Å². The maximum absolute atomic E-state index is 12.6.